The van der Waals surface area contributed by atoms with Crippen LogP contribution in [0.2, 0.25) is 0 Å². The predicted molar refractivity (Wildman–Crippen MR) is 65.9 cm³/mol. The maximum Gasteiger partial charge on any atom is 0.328 e. The molecule has 0 aliphatic carbocycles. The van der Waals surface area contributed by atoms with E-state index in [0.29, 0.717) is 5.82 Å². The summed E-state index contributed by atoms with van der Waals surface area (Å²) >= 11 is 0. The second-order valence-electron chi connectivity index (χ2n) is 4.79. The summed E-state index contributed by atoms with van der Waals surface area (Å²) in [6.45, 7) is 3.31. The maximum absolute atomic E-state index is 12.2. The highest BCUT2D eigenvalue weighted by atomic mass is 16.4. The Kier molecular flexibility index (Phi) is 3.68. The largest absolute Gasteiger partial charge is 0.480 e. The lowest BCUT2D eigenvalue weighted by molar-refractivity contribution is -0.144. The van der Waals surface area contributed by atoms with Gasteiger partial charge in [0.1, 0.15) is 18.4 Å². The van der Waals surface area contributed by atoms with Gasteiger partial charge < -0.3 is 15.3 Å². The van der Waals surface area contributed by atoms with E-state index in [1.165, 1.54) is 0 Å². The third kappa shape index (κ3) is 2.60. The first-order chi connectivity index (χ1) is 9.40. The number of aliphatic carboxylic acids is 1. The van der Waals surface area contributed by atoms with Crippen LogP contribution in [0.25, 0.3) is 0 Å². The fourth-order valence-corrected chi connectivity index (χ4v) is 1.83. The fourth-order valence-electron chi connectivity index (χ4n) is 1.83. The zero-order valence-electron chi connectivity index (χ0n) is 11.1. The van der Waals surface area contributed by atoms with E-state index in [0.717, 1.165) is 4.90 Å². The quantitative estimate of drug-likeness (QED) is 0.648. The molecule has 0 saturated carbocycles. The van der Waals surface area contributed by atoms with Gasteiger partial charge in [-0.2, -0.15) is 0 Å². The number of rotatable bonds is 3. The van der Waals surface area contributed by atoms with Crippen LogP contribution < -0.4 is 5.32 Å². The molecule has 1 aromatic heterocycles. The number of amides is 2. The summed E-state index contributed by atoms with van der Waals surface area (Å²) < 4.78 is 0. The van der Waals surface area contributed by atoms with Crippen molar-refractivity contribution in [3.8, 4) is 0 Å². The van der Waals surface area contributed by atoms with Crippen LogP contribution in [0.15, 0.2) is 0 Å². The first-order valence-corrected chi connectivity index (χ1v) is 6.13. The standard InChI is InChI=1S/C11H15N5O4/c1-5(2)8-13-9(15-14-8)10(18)16-4-7(17)12-3-6(16)11(19)20/h5-6H,3-4H2,1-2H3,(H,12,17)(H,19,20)(H,13,14,15). The second-order valence-corrected chi connectivity index (χ2v) is 4.79. The number of nitrogens with one attached hydrogen (secondary N) is 2. The first kappa shape index (κ1) is 14.0. The number of aromatic amines is 1. The van der Waals surface area contributed by atoms with Gasteiger partial charge in [0.2, 0.25) is 11.7 Å². The number of H-pyrrole nitrogens is 1. The van der Waals surface area contributed by atoms with E-state index >= 15 is 0 Å². The Labute approximate surface area is 114 Å². The van der Waals surface area contributed by atoms with E-state index in [2.05, 4.69) is 20.5 Å². The van der Waals surface area contributed by atoms with Crippen molar-refractivity contribution in [2.24, 2.45) is 0 Å². The summed E-state index contributed by atoms with van der Waals surface area (Å²) in [5.74, 6) is -1.80. The molecule has 1 aliphatic rings. The molecule has 2 heterocycles. The summed E-state index contributed by atoms with van der Waals surface area (Å²) in [6.07, 6.45) is 0. The lowest BCUT2D eigenvalue weighted by Crippen LogP contribution is -2.59. The van der Waals surface area contributed by atoms with Crippen LogP contribution in [0, 0.1) is 0 Å². The van der Waals surface area contributed by atoms with Crippen LogP contribution in [-0.4, -0.2) is 62.1 Å². The summed E-state index contributed by atoms with van der Waals surface area (Å²) in [5.41, 5.74) is 0. The number of aromatic nitrogens is 3. The SMILES string of the molecule is CC(C)c1nc(C(=O)N2CC(=O)NCC2C(=O)O)n[nH]1. The number of carboxylic acid groups (broad SMARTS) is 1. The van der Waals surface area contributed by atoms with Crippen molar-refractivity contribution >= 4 is 17.8 Å². The molecule has 1 unspecified atom stereocenters. The Morgan fingerprint density at radius 1 is 1.45 bits per heavy atom. The zero-order chi connectivity index (χ0) is 14.9. The molecule has 2 amide bonds. The lowest BCUT2D eigenvalue weighted by Gasteiger charge is -2.31. The number of carbonyl (C=O) groups is 3. The molecule has 0 radical (unpaired) electrons. The normalized spacial score (nSPS) is 19.1. The minimum absolute atomic E-state index is 0.0592. The van der Waals surface area contributed by atoms with Crippen LogP contribution in [0.5, 0.6) is 0 Å². The van der Waals surface area contributed by atoms with Gasteiger partial charge in [-0.3, -0.25) is 14.7 Å². The third-order valence-corrected chi connectivity index (χ3v) is 2.97. The smallest absolute Gasteiger partial charge is 0.328 e. The Hall–Kier alpha value is -2.45. The van der Waals surface area contributed by atoms with Crippen LogP contribution in [0.4, 0.5) is 0 Å². The Balaban J connectivity index is 2.24. The highest BCUT2D eigenvalue weighted by Crippen LogP contribution is 2.12. The van der Waals surface area contributed by atoms with Gasteiger partial charge in [-0.05, 0) is 0 Å². The Morgan fingerprint density at radius 2 is 2.15 bits per heavy atom. The number of nitrogens with zero attached hydrogens (tertiary/aromatic N) is 3. The van der Waals surface area contributed by atoms with Gasteiger partial charge in [0.25, 0.3) is 5.91 Å². The van der Waals surface area contributed by atoms with E-state index in [-0.39, 0.29) is 24.8 Å². The molecule has 1 atom stereocenters. The van der Waals surface area contributed by atoms with Gasteiger partial charge in [0.15, 0.2) is 0 Å². The molecule has 1 saturated heterocycles. The number of hydrogen-bond acceptors (Lipinski definition) is 5. The van der Waals surface area contributed by atoms with Crippen LogP contribution in [-0.2, 0) is 9.59 Å². The zero-order valence-corrected chi connectivity index (χ0v) is 11.1. The molecule has 20 heavy (non-hydrogen) atoms. The molecule has 108 valence electrons. The minimum Gasteiger partial charge on any atom is -0.480 e. The predicted octanol–water partition coefficient (Wildman–Crippen LogP) is -1.05. The van der Waals surface area contributed by atoms with Crippen molar-refractivity contribution in [3.63, 3.8) is 0 Å². The number of hydrogen-bond donors (Lipinski definition) is 3. The molecular weight excluding hydrogens is 266 g/mol. The van der Waals surface area contributed by atoms with Crippen molar-refractivity contribution in [2.45, 2.75) is 25.8 Å². The fraction of sp³-hybridized carbons (Fsp3) is 0.545. The van der Waals surface area contributed by atoms with Crippen LogP contribution in [0.1, 0.15) is 36.2 Å². The molecule has 9 nitrogen and oxygen atoms in total. The highest BCUT2D eigenvalue weighted by molar-refractivity contribution is 5.97. The summed E-state index contributed by atoms with van der Waals surface area (Å²) in [4.78, 5) is 39.7. The van der Waals surface area contributed by atoms with Gasteiger partial charge in [-0.15, -0.1) is 5.10 Å². The molecule has 1 aliphatic heterocycles. The summed E-state index contributed by atoms with van der Waals surface area (Å²) in [7, 11) is 0. The average Bonchev–Trinajstić information content (AvgIpc) is 2.87. The lowest BCUT2D eigenvalue weighted by atomic mass is 10.2. The van der Waals surface area contributed by atoms with E-state index in [1.54, 1.807) is 0 Å². The van der Waals surface area contributed by atoms with Gasteiger partial charge >= 0.3 is 5.97 Å². The molecule has 9 heteroatoms. The van der Waals surface area contributed by atoms with E-state index < -0.39 is 23.8 Å². The van der Waals surface area contributed by atoms with Crippen molar-refractivity contribution in [1.29, 1.82) is 0 Å². The van der Waals surface area contributed by atoms with Crippen molar-refractivity contribution in [3.05, 3.63) is 11.6 Å². The van der Waals surface area contributed by atoms with Gasteiger partial charge in [-0.1, -0.05) is 13.8 Å². The molecule has 3 N–H and O–H groups in total. The second kappa shape index (κ2) is 5.27. The molecule has 1 aromatic rings. The van der Waals surface area contributed by atoms with Gasteiger partial charge in [0, 0.05) is 12.5 Å². The number of carbonyl (C=O) groups excluding carboxylic acids is 2. The minimum atomic E-state index is -1.18. The third-order valence-electron chi connectivity index (χ3n) is 2.97. The Bertz CT molecular complexity index is 553. The molecule has 0 bridgehead atoms. The molecular formula is C11H15N5O4. The maximum atomic E-state index is 12.2. The average molecular weight is 281 g/mol. The first-order valence-electron chi connectivity index (χ1n) is 6.13. The van der Waals surface area contributed by atoms with E-state index in [4.69, 9.17) is 5.11 Å². The molecule has 0 aromatic carbocycles. The van der Waals surface area contributed by atoms with Crippen molar-refractivity contribution in [1.82, 2.24) is 25.4 Å². The Morgan fingerprint density at radius 3 is 2.70 bits per heavy atom. The summed E-state index contributed by atoms with van der Waals surface area (Å²) in [6, 6.07) is -1.11. The van der Waals surface area contributed by atoms with E-state index in [1.807, 2.05) is 13.8 Å². The molecule has 2 rings (SSSR count). The molecule has 0 spiro atoms. The van der Waals surface area contributed by atoms with Gasteiger partial charge in [0.05, 0.1) is 0 Å². The van der Waals surface area contributed by atoms with Crippen LogP contribution >= 0.6 is 0 Å². The topological polar surface area (TPSA) is 128 Å². The van der Waals surface area contributed by atoms with Crippen molar-refractivity contribution < 1.29 is 19.5 Å². The number of piperazine rings is 1. The number of carboxylic acids is 1. The van der Waals surface area contributed by atoms with Crippen molar-refractivity contribution in [2.75, 3.05) is 13.1 Å². The van der Waals surface area contributed by atoms with Crippen LogP contribution in [0.3, 0.4) is 0 Å². The van der Waals surface area contributed by atoms with E-state index in [9.17, 15) is 14.4 Å². The molecule has 1 fully saturated rings. The van der Waals surface area contributed by atoms with Gasteiger partial charge in [-0.25, -0.2) is 9.78 Å². The summed E-state index contributed by atoms with van der Waals surface area (Å²) in [5, 5.41) is 17.9. The highest BCUT2D eigenvalue weighted by Gasteiger charge is 2.37. The monoisotopic (exact) mass is 281 g/mol.